The molecule has 15 heteroatoms. The predicted molar refractivity (Wildman–Crippen MR) is 240 cm³/mol. The van der Waals surface area contributed by atoms with Crippen LogP contribution in [0.15, 0.2) is 138 Å². The first-order valence-electron chi connectivity index (χ1n) is 20.4. The van der Waals surface area contributed by atoms with Crippen molar-refractivity contribution in [3.8, 4) is 0 Å². The highest BCUT2D eigenvalue weighted by Gasteiger charge is 2.66. The molecule has 0 aliphatic carbocycles. The smallest absolute Gasteiger partial charge is 0.227 e. The Labute approximate surface area is 371 Å². The summed E-state index contributed by atoms with van der Waals surface area (Å²) in [6.45, 7) is 10.5. The summed E-state index contributed by atoms with van der Waals surface area (Å²) in [6, 6.07) is 38.7. The van der Waals surface area contributed by atoms with Crippen LogP contribution >= 0.6 is 7.41 Å². The highest BCUT2D eigenvalue weighted by molar-refractivity contribution is 7.90. The predicted octanol–water partition coefficient (Wildman–Crippen LogP) is 13.0. The first kappa shape index (κ1) is 48.2. The zero-order chi connectivity index (χ0) is 47.4. The van der Waals surface area contributed by atoms with Crippen molar-refractivity contribution in [3.05, 3.63) is 219 Å². The Bertz CT molecular complexity index is 2550. The Balaban J connectivity index is 0.000000504. The first-order chi connectivity index (χ1) is 30.9. The molecule has 1 aliphatic rings. The molecule has 0 N–H and O–H groups in total. The molecule has 0 bridgehead atoms. The molecule has 8 rings (SSSR count). The number of rotatable bonds is 6. The molecule has 3 nitrogen and oxygen atoms in total. The Morgan fingerprint density at radius 1 is 0.415 bits per heavy atom. The Morgan fingerprint density at radius 3 is 1.00 bits per heavy atom. The second-order valence-corrected chi connectivity index (χ2v) is 19.2. The number of hydrogen-bond acceptors (Lipinski definition) is 2. The average molecular weight is 918 g/mol. The van der Waals surface area contributed by atoms with Gasteiger partial charge in [-0.2, -0.15) is 0 Å². The Hall–Kier alpha value is -6.27. The first-order valence-corrected chi connectivity index (χ1v) is 22.4. The van der Waals surface area contributed by atoms with Gasteiger partial charge in [-0.3, -0.25) is 0 Å². The number of halogens is 10. The molecule has 0 saturated carbocycles. The summed E-state index contributed by atoms with van der Waals surface area (Å²) in [4.78, 5) is 0. The fraction of sp³-hybridized carbons (Fsp3) is 0.160. The Morgan fingerprint density at radius 2 is 0.692 bits per heavy atom. The molecule has 65 heavy (non-hydrogen) atoms. The van der Waals surface area contributed by atoms with Gasteiger partial charge in [0.1, 0.15) is 41.3 Å². The third-order valence-electron chi connectivity index (χ3n) is 11.4. The quantitative estimate of drug-likeness (QED) is 0.0408. The van der Waals surface area contributed by atoms with Gasteiger partial charge < -0.3 is 4.69 Å². The van der Waals surface area contributed by atoms with Crippen molar-refractivity contribution in [2.24, 2.45) is 10.3 Å². The van der Waals surface area contributed by atoms with Gasteiger partial charge in [0.05, 0.1) is 11.8 Å². The maximum absolute atomic E-state index is 16.4. The molecule has 0 aromatic heterocycles. The summed E-state index contributed by atoms with van der Waals surface area (Å²) in [5, 5.41) is 9.61. The number of hydrogen-bond donors (Lipinski definition) is 0. The normalized spacial score (nSPS) is 13.9. The van der Waals surface area contributed by atoms with Gasteiger partial charge in [-0.05, 0) is 75.9 Å². The van der Waals surface area contributed by atoms with Crippen molar-refractivity contribution in [2.45, 2.75) is 47.9 Å². The lowest BCUT2D eigenvalue weighted by Gasteiger charge is -2.47. The van der Waals surface area contributed by atoms with Crippen molar-refractivity contribution < 1.29 is 43.9 Å². The summed E-state index contributed by atoms with van der Waals surface area (Å²) < 4.78 is 157. The van der Waals surface area contributed by atoms with Crippen molar-refractivity contribution in [3.63, 3.8) is 0 Å². The number of aryl methyl sites for hydroxylation is 6. The van der Waals surface area contributed by atoms with Crippen LogP contribution in [-0.2, 0) is 0 Å². The molecule has 1 aliphatic heterocycles. The molecule has 1 saturated heterocycles. The minimum atomic E-state index is -4.47. The summed E-state index contributed by atoms with van der Waals surface area (Å²) in [7, 11) is -3.85. The summed E-state index contributed by atoms with van der Waals surface area (Å²) in [5.41, 5.74) is 0.346. The van der Waals surface area contributed by atoms with E-state index in [0.717, 1.165) is 15.8 Å². The average Bonchev–Trinajstić information content (AvgIpc) is 3.60. The summed E-state index contributed by atoms with van der Waals surface area (Å²) in [6.07, 6.45) is -5.68. The van der Waals surface area contributed by atoms with E-state index in [-0.39, 0.29) is 11.8 Å². The van der Waals surface area contributed by atoms with Crippen LogP contribution in [0.3, 0.4) is 0 Å². The lowest BCUT2D eigenvalue weighted by molar-refractivity contribution is 0.380. The molecule has 0 spiro atoms. The van der Waals surface area contributed by atoms with Gasteiger partial charge in [0.25, 0.3) is 0 Å². The van der Waals surface area contributed by atoms with Crippen molar-refractivity contribution in [1.29, 1.82) is 0 Å². The van der Waals surface area contributed by atoms with Gasteiger partial charge in [0.2, 0.25) is 6.28 Å². The van der Waals surface area contributed by atoms with E-state index in [1.165, 1.54) is 12.1 Å². The monoisotopic (exact) mass is 917 g/mol. The van der Waals surface area contributed by atoms with E-state index in [0.29, 0.717) is 32.9 Å². The minimum Gasteiger partial charge on any atom is -0.307 e. The van der Waals surface area contributed by atoms with Crippen molar-refractivity contribution in [2.75, 3.05) is 6.16 Å². The largest absolute Gasteiger partial charge is 0.307 e. The molecule has 0 radical (unpaired) electrons. The zero-order valence-electron chi connectivity index (χ0n) is 36.2. The van der Waals surface area contributed by atoms with Gasteiger partial charge in [-0.1, -0.05) is 143 Å². The van der Waals surface area contributed by atoms with Crippen LogP contribution in [0.5, 0.6) is 0 Å². The van der Waals surface area contributed by atoms with Crippen LogP contribution in [0.4, 0.5) is 49.6 Å². The molecule has 336 valence electrons. The van der Waals surface area contributed by atoms with Crippen LogP contribution in [-0.4, -0.2) is 17.1 Å². The van der Waals surface area contributed by atoms with Gasteiger partial charge >= 0.3 is 0 Å². The second-order valence-electron chi connectivity index (χ2n) is 15.9. The molecule has 0 amide bonds. The fourth-order valence-electron chi connectivity index (χ4n) is 9.24. The molecular weight excluding hydrogens is 874 g/mol. The van der Waals surface area contributed by atoms with Crippen LogP contribution < -0.4 is 21.5 Å². The van der Waals surface area contributed by atoms with Crippen molar-refractivity contribution >= 4 is 40.9 Å². The third-order valence-corrected chi connectivity index (χ3v) is 16.4. The molecule has 7 aromatic rings. The molecule has 1 heterocycles. The van der Waals surface area contributed by atoms with Gasteiger partial charge in [0.15, 0.2) is 34.9 Å². The van der Waals surface area contributed by atoms with Crippen LogP contribution in [0, 0.1) is 99.7 Å². The van der Waals surface area contributed by atoms with Crippen LogP contribution in [0.2, 0.25) is 6.32 Å². The van der Waals surface area contributed by atoms with E-state index in [9.17, 15) is 8.78 Å². The summed E-state index contributed by atoms with van der Waals surface area (Å²) in [5.74, 6) is -25.1. The van der Waals surface area contributed by atoms with E-state index in [2.05, 4.69) is 10.3 Å². The molecule has 7 aromatic carbocycles. The minimum absolute atomic E-state index is 0.0896. The standard InChI is InChI=1S/C38H31BF10N3P.2C6H6/c1-18-14-20(3)37(21(4)15-18)53(38-22(5)16-19(2)17-23(38)6)13-12-39(52(53)51-50-24-10-8-7-9-11-24,25-27(40)31(44)35(48)32(45)28(25)41)26-29(42)33(46)36(49)34(47)30(26)43;2*1-2-4-6-5-3-1/h7-11,14-17H,12-13H2,1-6H3;2*1-6H. The number of benzene rings is 7. The van der Waals surface area contributed by atoms with Gasteiger partial charge in [-0.25, -0.2) is 43.9 Å². The number of nitrogens with zero attached hydrogens (tertiary/aromatic N) is 3. The highest BCUT2D eigenvalue weighted by Crippen LogP contribution is 2.70. The fourth-order valence-corrected chi connectivity index (χ4v) is 15.1. The maximum atomic E-state index is 16.4. The Kier molecular flexibility index (Phi) is 14.7. The van der Waals surface area contributed by atoms with E-state index >= 15 is 35.1 Å². The van der Waals surface area contributed by atoms with E-state index < -0.39 is 89.1 Å². The summed E-state index contributed by atoms with van der Waals surface area (Å²) >= 11 is 0. The van der Waals surface area contributed by atoms with E-state index in [4.69, 9.17) is 0 Å². The molecule has 1 fully saturated rings. The lowest BCUT2D eigenvalue weighted by Crippen LogP contribution is -2.70. The molecule has 0 unspecified atom stereocenters. The van der Waals surface area contributed by atoms with Gasteiger partial charge in [0, 0.05) is 0 Å². The van der Waals surface area contributed by atoms with Gasteiger partial charge in [-0.15, -0.1) is 11.4 Å². The zero-order valence-corrected chi connectivity index (χ0v) is 37.1. The highest BCUT2D eigenvalue weighted by atomic mass is 31.2. The SMILES string of the molecule is Cc1cc(C)c([P+]2(c3c(C)cc(C)cc3C)CC[B-](c3c(F)c(F)c(F)c(F)c3F)(c3c(F)c(F)c(F)c(F)c3F)N2N=Nc2ccccc2)c(C)c1.c1ccccc1.c1ccccc1. The van der Waals surface area contributed by atoms with Crippen LogP contribution in [0.25, 0.3) is 0 Å². The maximum Gasteiger partial charge on any atom is 0.227 e. The van der Waals surface area contributed by atoms with E-state index in [1.54, 1.807) is 84.0 Å². The molecular formula is C50H43BF10N3P. The lowest BCUT2D eigenvalue weighted by atomic mass is 9.26. The van der Waals surface area contributed by atoms with Crippen molar-refractivity contribution in [1.82, 2.24) is 4.69 Å². The second kappa shape index (κ2) is 19.9. The van der Waals surface area contributed by atoms with Crippen LogP contribution in [0.1, 0.15) is 33.4 Å². The van der Waals surface area contributed by atoms with E-state index in [1.807, 2.05) is 72.8 Å². The molecule has 0 atom stereocenters. The third kappa shape index (κ3) is 8.93. The topological polar surface area (TPSA) is 28.0 Å².